The van der Waals surface area contributed by atoms with E-state index < -0.39 is 12.1 Å². The maximum absolute atomic E-state index is 12.5. The molecule has 1 amide bonds. The third-order valence-electron chi connectivity index (χ3n) is 19.8. The fourth-order valence-corrected chi connectivity index (χ4v) is 13.4. The van der Waals surface area contributed by atoms with Crippen LogP contribution in [-0.4, -0.2) is 47.4 Å². The van der Waals surface area contributed by atoms with E-state index >= 15 is 0 Å². The second kappa shape index (κ2) is 79.8. The Morgan fingerprint density at radius 1 is 0.311 bits per heavy atom. The van der Waals surface area contributed by atoms with E-state index in [1.54, 1.807) is 0 Å². The van der Waals surface area contributed by atoms with Crippen molar-refractivity contribution in [3.8, 4) is 0 Å². The molecule has 0 heterocycles. The Morgan fingerprint density at radius 3 is 0.867 bits per heavy atom. The molecule has 3 N–H and O–H groups in total. The predicted molar refractivity (Wildman–Crippen MR) is 398 cm³/mol. The first-order valence-electron chi connectivity index (χ1n) is 41.6. The van der Waals surface area contributed by atoms with Crippen LogP contribution in [-0.2, 0) is 14.3 Å². The summed E-state index contributed by atoms with van der Waals surface area (Å²) in [7, 11) is 0. The van der Waals surface area contributed by atoms with Gasteiger partial charge in [0.05, 0.1) is 25.4 Å². The lowest BCUT2D eigenvalue weighted by molar-refractivity contribution is -0.143. The van der Waals surface area contributed by atoms with Crippen LogP contribution in [0.25, 0.3) is 0 Å². The average molecular weight is 1270 g/mol. The number of carbonyl (C=O) groups excluding carboxylic acids is 2. The number of aliphatic hydroxyl groups excluding tert-OH is 2. The lowest BCUT2D eigenvalue weighted by atomic mass is 10.0. The van der Waals surface area contributed by atoms with Gasteiger partial charge in [0, 0.05) is 12.8 Å². The summed E-state index contributed by atoms with van der Waals surface area (Å²) in [5.41, 5.74) is 0. The van der Waals surface area contributed by atoms with Gasteiger partial charge in [-0.1, -0.05) is 430 Å². The van der Waals surface area contributed by atoms with Crippen molar-refractivity contribution in [1.29, 1.82) is 0 Å². The molecule has 0 fully saturated rings. The van der Waals surface area contributed by atoms with Gasteiger partial charge < -0.3 is 20.3 Å². The predicted octanol–water partition coefficient (Wildman–Crippen LogP) is 27.6. The number of aliphatic hydroxyl groups is 2. The van der Waals surface area contributed by atoms with E-state index in [2.05, 4.69) is 43.5 Å². The van der Waals surface area contributed by atoms with Crippen LogP contribution in [0, 0.1) is 0 Å². The van der Waals surface area contributed by atoms with Gasteiger partial charge in [-0.15, -0.1) is 0 Å². The smallest absolute Gasteiger partial charge is 0.305 e. The Labute approximate surface area is 564 Å². The molecule has 0 aromatic heterocycles. The van der Waals surface area contributed by atoms with Gasteiger partial charge in [0.25, 0.3) is 0 Å². The molecule has 2 atom stereocenters. The Kier molecular flexibility index (Phi) is 78.3. The molecule has 0 aromatic carbocycles. The summed E-state index contributed by atoms with van der Waals surface area (Å²) in [6, 6.07) is -0.536. The van der Waals surface area contributed by atoms with Gasteiger partial charge >= 0.3 is 5.97 Å². The van der Waals surface area contributed by atoms with E-state index in [9.17, 15) is 19.8 Å². The van der Waals surface area contributed by atoms with Crippen LogP contribution < -0.4 is 5.32 Å². The molecule has 0 radical (unpaired) electrons. The summed E-state index contributed by atoms with van der Waals surface area (Å²) < 4.78 is 5.52. The quantitative estimate of drug-likeness (QED) is 0.0320. The van der Waals surface area contributed by atoms with Gasteiger partial charge in [-0.2, -0.15) is 0 Å². The normalized spacial score (nSPS) is 12.5. The number of rotatable bonds is 79. The van der Waals surface area contributed by atoms with Crippen molar-refractivity contribution >= 4 is 11.9 Å². The topological polar surface area (TPSA) is 95.9 Å². The number of unbranched alkanes of at least 4 members (excludes halogenated alkanes) is 64. The zero-order valence-electron chi connectivity index (χ0n) is 61.4. The summed E-state index contributed by atoms with van der Waals surface area (Å²) in [6.45, 7) is 4.98. The standard InChI is InChI=1S/C84H163NO5/c1-3-5-7-9-11-13-15-17-19-20-42-46-50-54-58-62-66-70-74-78-84(89)90-79-75-71-67-63-59-55-51-47-44-41-39-37-35-33-31-29-27-25-23-21-22-24-26-28-30-32-34-36-38-40-43-45-49-53-57-61-65-69-73-77-83(88)85-81(80-86)82(87)76-72-68-64-60-56-52-48-18-16-14-12-10-8-6-4-2/h11,13,17,19,81-82,86-87H,3-10,12,14-16,18,20-80H2,1-2H3,(H,85,88)/b13-11-,19-17-. The van der Waals surface area contributed by atoms with Crippen LogP contribution in [0.15, 0.2) is 24.3 Å². The fourth-order valence-electron chi connectivity index (χ4n) is 13.4. The Morgan fingerprint density at radius 2 is 0.556 bits per heavy atom. The average Bonchev–Trinajstić information content (AvgIpc) is 3.68. The van der Waals surface area contributed by atoms with E-state index in [4.69, 9.17) is 4.74 Å². The number of carbonyl (C=O) groups is 2. The third kappa shape index (κ3) is 75.4. The van der Waals surface area contributed by atoms with Crippen molar-refractivity contribution in [2.24, 2.45) is 0 Å². The molecule has 6 heteroatoms. The van der Waals surface area contributed by atoms with Gasteiger partial charge in [0.2, 0.25) is 5.91 Å². The summed E-state index contributed by atoms with van der Waals surface area (Å²) in [4.78, 5) is 24.7. The van der Waals surface area contributed by atoms with Gasteiger partial charge in [0.1, 0.15) is 0 Å². The molecule has 2 unspecified atom stereocenters. The van der Waals surface area contributed by atoms with E-state index in [1.165, 1.54) is 398 Å². The van der Waals surface area contributed by atoms with Crippen molar-refractivity contribution in [1.82, 2.24) is 5.32 Å². The molecule has 0 aliphatic heterocycles. The molecule has 534 valence electrons. The molecule has 90 heavy (non-hydrogen) atoms. The Balaban J connectivity index is 3.27. The van der Waals surface area contributed by atoms with E-state index in [1.807, 2.05) is 0 Å². The highest BCUT2D eigenvalue weighted by molar-refractivity contribution is 5.76. The maximum Gasteiger partial charge on any atom is 0.305 e. The monoisotopic (exact) mass is 1270 g/mol. The minimum atomic E-state index is -0.659. The lowest BCUT2D eigenvalue weighted by Crippen LogP contribution is -2.45. The molecular formula is C84H163NO5. The number of amides is 1. The van der Waals surface area contributed by atoms with Gasteiger partial charge in [-0.3, -0.25) is 9.59 Å². The third-order valence-corrected chi connectivity index (χ3v) is 19.8. The molecule has 0 bridgehead atoms. The highest BCUT2D eigenvalue weighted by Gasteiger charge is 2.20. The summed E-state index contributed by atoms with van der Waals surface area (Å²) in [5, 5.41) is 23.4. The molecular weight excluding hydrogens is 1100 g/mol. The van der Waals surface area contributed by atoms with Crippen LogP contribution in [0.2, 0.25) is 0 Å². The van der Waals surface area contributed by atoms with Gasteiger partial charge in [-0.05, 0) is 57.8 Å². The molecule has 0 aliphatic carbocycles. The molecule has 0 saturated heterocycles. The lowest BCUT2D eigenvalue weighted by Gasteiger charge is -2.22. The Hall–Kier alpha value is -1.66. The minimum absolute atomic E-state index is 0.0212. The van der Waals surface area contributed by atoms with Crippen molar-refractivity contribution in [3.05, 3.63) is 24.3 Å². The SMILES string of the molecule is CCCCC/C=C\C/C=C\CCCCCCCCCCCC(=O)OCCCCCCCCCCCCCCCCCCCCCCCCCCCCCCCCCCCCCCCCCC(=O)NC(CO)C(O)CCCCCCCCCCCCCCCCC. The molecule has 0 rings (SSSR count). The highest BCUT2D eigenvalue weighted by Crippen LogP contribution is 2.21. The fraction of sp³-hybridized carbons (Fsp3) is 0.929. The molecule has 6 nitrogen and oxygen atoms in total. The summed E-state index contributed by atoms with van der Waals surface area (Å²) in [5.74, 6) is -0.00372. The largest absolute Gasteiger partial charge is 0.466 e. The van der Waals surface area contributed by atoms with Crippen molar-refractivity contribution in [3.63, 3.8) is 0 Å². The van der Waals surface area contributed by atoms with Crippen molar-refractivity contribution in [2.75, 3.05) is 13.2 Å². The van der Waals surface area contributed by atoms with E-state index in [0.29, 0.717) is 25.9 Å². The Bertz CT molecular complexity index is 1410. The number of esters is 1. The molecule has 0 spiro atoms. The first-order valence-corrected chi connectivity index (χ1v) is 41.6. The summed E-state index contributed by atoms with van der Waals surface area (Å²) >= 11 is 0. The van der Waals surface area contributed by atoms with E-state index in [-0.39, 0.29) is 18.5 Å². The molecule has 0 aromatic rings. The summed E-state index contributed by atoms with van der Waals surface area (Å²) in [6.07, 6.45) is 103. The molecule has 0 aliphatic rings. The second-order valence-electron chi connectivity index (χ2n) is 28.8. The van der Waals surface area contributed by atoms with Crippen LogP contribution in [0.1, 0.15) is 476 Å². The van der Waals surface area contributed by atoms with Crippen LogP contribution in [0.3, 0.4) is 0 Å². The zero-order valence-corrected chi connectivity index (χ0v) is 61.4. The number of allylic oxidation sites excluding steroid dienone is 4. The van der Waals surface area contributed by atoms with Crippen molar-refractivity contribution in [2.45, 2.75) is 488 Å². The highest BCUT2D eigenvalue weighted by atomic mass is 16.5. The van der Waals surface area contributed by atoms with Gasteiger partial charge in [-0.25, -0.2) is 0 Å². The first-order chi connectivity index (χ1) is 44.5. The number of nitrogens with one attached hydrogen (secondary N) is 1. The van der Waals surface area contributed by atoms with Crippen molar-refractivity contribution < 1.29 is 24.5 Å². The minimum Gasteiger partial charge on any atom is -0.466 e. The first kappa shape index (κ1) is 88.3. The van der Waals surface area contributed by atoms with E-state index in [0.717, 1.165) is 44.9 Å². The zero-order chi connectivity index (χ0) is 64.9. The van der Waals surface area contributed by atoms with Crippen LogP contribution in [0.5, 0.6) is 0 Å². The maximum atomic E-state index is 12.5. The number of hydrogen-bond donors (Lipinski definition) is 3. The van der Waals surface area contributed by atoms with Gasteiger partial charge in [0.15, 0.2) is 0 Å². The van der Waals surface area contributed by atoms with Crippen LogP contribution >= 0.6 is 0 Å². The number of ether oxygens (including phenoxy) is 1. The molecule has 0 saturated carbocycles. The second-order valence-corrected chi connectivity index (χ2v) is 28.8. The number of hydrogen-bond acceptors (Lipinski definition) is 5. The van der Waals surface area contributed by atoms with Crippen LogP contribution in [0.4, 0.5) is 0 Å².